The Labute approximate surface area is 127 Å². The maximum Gasteiger partial charge on any atom is 0.341 e. The molecule has 0 spiro atoms. The molecule has 1 aliphatic rings. The van der Waals surface area contributed by atoms with Gasteiger partial charge in [-0.2, -0.15) is 0 Å². The van der Waals surface area contributed by atoms with Gasteiger partial charge in [0.2, 0.25) is 0 Å². The topological polar surface area (TPSA) is 73.9 Å². The van der Waals surface area contributed by atoms with Crippen LogP contribution in [0.25, 0.3) is 0 Å². The van der Waals surface area contributed by atoms with E-state index in [1.165, 1.54) is 11.3 Å². The zero-order valence-electron chi connectivity index (χ0n) is 12.4. The average molecular weight is 313 g/mol. The molecule has 1 aliphatic heterocycles. The summed E-state index contributed by atoms with van der Waals surface area (Å²) in [5.41, 5.74) is 1.25. The quantitative estimate of drug-likeness (QED) is 0.859. The summed E-state index contributed by atoms with van der Waals surface area (Å²) in [6.45, 7) is 6.90. The first kappa shape index (κ1) is 15.9. The molecule has 0 aromatic carbocycles. The van der Waals surface area contributed by atoms with E-state index in [1.54, 1.807) is 6.92 Å². The van der Waals surface area contributed by atoms with E-state index in [9.17, 15) is 9.59 Å². The second kappa shape index (κ2) is 7.02. The molecule has 2 rings (SSSR count). The van der Waals surface area contributed by atoms with Crippen LogP contribution >= 0.6 is 11.3 Å². The largest absolute Gasteiger partial charge is 0.462 e. The van der Waals surface area contributed by atoms with Gasteiger partial charge in [0.15, 0.2) is 6.10 Å². The minimum atomic E-state index is -0.642. The maximum absolute atomic E-state index is 12.2. The molecule has 1 fully saturated rings. The third-order valence-corrected chi connectivity index (χ3v) is 4.33. The number of thiophene rings is 1. The van der Waals surface area contributed by atoms with Crippen molar-refractivity contribution in [2.75, 3.05) is 31.7 Å². The zero-order chi connectivity index (χ0) is 15.4. The third-order valence-electron chi connectivity index (χ3n) is 3.21. The standard InChI is InChI=1S/C14H19NO5S/c1-4-19-14(17)11-8(2)9(3)21-13(11)15-12(16)10-7-18-5-6-20-10/h10H,4-7H2,1-3H3,(H,15,16). The molecule has 1 aromatic heterocycles. The molecule has 0 bridgehead atoms. The van der Waals surface area contributed by atoms with E-state index in [0.717, 1.165) is 10.4 Å². The molecule has 1 atom stereocenters. The van der Waals surface area contributed by atoms with Gasteiger partial charge in [-0.1, -0.05) is 0 Å². The normalized spacial score (nSPS) is 18.3. The predicted molar refractivity (Wildman–Crippen MR) is 78.9 cm³/mol. The zero-order valence-corrected chi connectivity index (χ0v) is 13.2. The molecular formula is C14H19NO5S. The predicted octanol–water partition coefficient (Wildman–Crippen LogP) is 1.90. The molecule has 0 radical (unpaired) electrons. The summed E-state index contributed by atoms with van der Waals surface area (Å²) in [4.78, 5) is 25.2. The molecule has 1 unspecified atom stereocenters. The van der Waals surface area contributed by atoms with Crippen LogP contribution in [0.5, 0.6) is 0 Å². The molecule has 116 valence electrons. The molecule has 6 nitrogen and oxygen atoms in total. The second-order valence-corrected chi connectivity index (χ2v) is 5.86. The van der Waals surface area contributed by atoms with Gasteiger partial charge in [-0.25, -0.2) is 4.79 Å². The first-order valence-electron chi connectivity index (χ1n) is 6.82. The number of nitrogens with one attached hydrogen (secondary N) is 1. The molecule has 21 heavy (non-hydrogen) atoms. The van der Waals surface area contributed by atoms with Crippen LogP contribution in [0.2, 0.25) is 0 Å². The van der Waals surface area contributed by atoms with Gasteiger partial charge in [0.25, 0.3) is 5.91 Å². The highest BCUT2D eigenvalue weighted by Gasteiger charge is 2.27. The van der Waals surface area contributed by atoms with Crippen LogP contribution in [0.4, 0.5) is 5.00 Å². The van der Waals surface area contributed by atoms with E-state index in [-0.39, 0.29) is 12.5 Å². The Balaban J connectivity index is 2.17. The van der Waals surface area contributed by atoms with Crippen LogP contribution in [0, 0.1) is 13.8 Å². The smallest absolute Gasteiger partial charge is 0.341 e. The van der Waals surface area contributed by atoms with Crippen LogP contribution in [0.15, 0.2) is 0 Å². The van der Waals surface area contributed by atoms with E-state index in [2.05, 4.69) is 5.32 Å². The average Bonchev–Trinajstić information content (AvgIpc) is 2.75. The van der Waals surface area contributed by atoms with E-state index in [0.29, 0.717) is 30.4 Å². The molecule has 7 heteroatoms. The number of hydrogen-bond donors (Lipinski definition) is 1. The first-order chi connectivity index (χ1) is 10.0. The fraction of sp³-hybridized carbons (Fsp3) is 0.571. The summed E-state index contributed by atoms with van der Waals surface area (Å²) < 4.78 is 15.6. The number of rotatable bonds is 4. The van der Waals surface area contributed by atoms with Gasteiger partial charge in [0, 0.05) is 4.88 Å². The lowest BCUT2D eigenvalue weighted by Gasteiger charge is -2.21. The van der Waals surface area contributed by atoms with Crippen molar-refractivity contribution in [1.29, 1.82) is 0 Å². The number of anilines is 1. The lowest BCUT2D eigenvalue weighted by Crippen LogP contribution is -2.39. The Morgan fingerprint density at radius 1 is 1.38 bits per heavy atom. The Kier molecular flexibility index (Phi) is 5.33. The molecule has 0 aliphatic carbocycles. The molecule has 1 saturated heterocycles. The number of ether oxygens (including phenoxy) is 3. The number of esters is 1. The highest BCUT2D eigenvalue weighted by molar-refractivity contribution is 7.16. The summed E-state index contributed by atoms with van der Waals surface area (Å²) >= 11 is 1.36. The summed E-state index contributed by atoms with van der Waals surface area (Å²) in [6.07, 6.45) is -0.642. The molecular weight excluding hydrogens is 294 g/mol. The van der Waals surface area contributed by atoms with Gasteiger partial charge in [0.1, 0.15) is 5.00 Å². The molecule has 1 N–H and O–H groups in total. The monoisotopic (exact) mass is 313 g/mol. The molecule has 1 aromatic rings. The lowest BCUT2D eigenvalue weighted by atomic mass is 10.1. The van der Waals surface area contributed by atoms with Crippen molar-refractivity contribution in [3.05, 3.63) is 16.0 Å². The molecule has 1 amide bonds. The summed E-state index contributed by atoms with van der Waals surface area (Å²) in [5, 5.41) is 3.26. The number of carbonyl (C=O) groups is 2. The van der Waals surface area contributed by atoms with E-state index < -0.39 is 12.1 Å². The number of hydrogen-bond acceptors (Lipinski definition) is 6. The summed E-state index contributed by atoms with van der Waals surface area (Å²) in [6, 6.07) is 0. The van der Waals surface area contributed by atoms with Crippen molar-refractivity contribution in [2.24, 2.45) is 0 Å². The van der Waals surface area contributed by atoms with Gasteiger partial charge in [-0.15, -0.1) is 11.3 Å². The lowest BCUT2D eigenvalue weighted by molar-refractivity contribution is -0.142. The Morgan fingerprint density at radius 2 is 2.14 bits per heavy atom. The number of aryl methyl sites for hydroxylation is 1. The summed E-state index contributed by atoms with van der Waals surface area (Å²) in [5.74, 6) is -0.725. The van der Waals surface area contributed by atoms with Crippen molar-refractivity contribution >= 4 is 28.2 Å². The van der Waals surface area contributed by atoms with Crippen molar-refractivity contribution < 1.29 is 23.8 Å². The fourth-order valence-electron chi connectivity index (χ4n) is 2.00. The van der Waals surface area contributed by atoms with Gasteiger partial charge in [-0.05, 0) is 26.3 Å². The van der Waals surface area contributed by atoms with Gasteiger partial charge in [0.05, 0.1) is 32.0 Å². The minimum absolute atomic E-state index is 0.226. The SMILES string of the molecule is CCOC(=O)c1c(NC(=O)C2COCCO2)sc(C)c1C. The highest BCUT2D eigenvalue weighted by Crippen LogP contribution is 2.33. The van der Waals surface area contributed by atoms with E-state index in [4.69, 9.17) is 14.2 Å². The van der Waals surface area contributed by atoms with Crippen LogP contribution < -0.4 is 5.32 Å². The number of carbonyl (C=O) groups excluding carboxylic acids is 2. The van der Waals surface area contributed by atoms with Crippen molar-refractivity contribution in [3.63, 3.8) is 0 Å². The Hall–Kier alpha value is -1.44. The number of amides is 1. The third kappa shape index (κ3) is 3.61. The molecule has 2 heterocycles. The first-order valence-corrected chi connectivity index (χ1v) is 7.63. The van der Waals surface area contributed by atoms with Crippen LogP contribution in [0.3, 0.4) is 0 Å². The van der Waals surface area contributed by atoms with Crippen molar-refractivity contribution in [3.8, 4) is 0 Å². The van der Waals surface area contributed by atoms with Gasteiger partial charge < -0.3 is 19.5 Å². The minimum Gasteiger partial charge on any atom is -0.462 e. The summed E-state index contributed by atoms with van der Waals surface area (Å²) in [7, 11) is 0. The second-order valence-electron chi connectivity index (χ2n) is 4.63. The van der Waals surface area contributed by atoms with Crippen LogP contribution in [0.1, 0.15) is 27.7 Å². The van der Waals surface area contributed by atoms with Gasteiger partial charge >= 0.3 is 5.97 Å². The van der Waals surface area contributed by atoms with Crippen LogP contribution in [-0.4, -0.2) is 44.4 Å². The van der Waals surface area contributed by atoms with Gasteiger partial charge in [-0.3, -0.25) is 4.79 Å². The van der Waals surface area contributed by atoms with Crippen molar-refractivity contribution in [2.45, 2.75) is 26.9 Å². The van der Waals surface area contributed by atoms with Crippen molar-refractivity contribution in [1.82, 2.24) is 0 Å². The Bertz CT molecular complexity index is 534. The van der Waals surface area contributed by atoms with E-state index in [1.807, 2.05) is 13.8 Å². The fourth-order valence-corrected chi connectivity index (χ4v) is 3.05. The van der Waals surface area contributed by atoms with E-state index >= 15 is 0 Å². The highest BCUT2D eigenvalue weighted by atomic mass is 32.1. The Morgan fingerprint density at radius 3 is 2.76 bits per heavy atom. The molecule has 0 saturated carbocycles. The maximum atomic E-state index is 12.2. The van der Waals surface area contributed by atoms with Crippen LogP contribution in [-0.2, 0) is 19.0 Å².